The summed E-state index contributed by atoms with van der Waals surface area (Å²) in [6.07, 6.45) is 0. The molecule has 4 rings (SSSR count). The Balaban J connectivity index is 1.56. The van der Waals surface area contributed by atoms with Crippen LogP contribution in [-0.2, 0) is 11.3 Å². The Morgan fingerprint density at radius 2 is 1.69 bits per heavy atom. The van der Waals surface area contributed by atoms with Crippen molar-refractivity contribution in [3.05, 3.63) is 84.4 Å². The molecule has 3 aromatic carbocycles. The fourth-order valence-corrected chi connectivity index (χ4v) is 3.31. The van der Waals surface area contributed by atoms with Crippen LogP contribution in [0.25, 0.3) is 11.1 Å². The zero-order chi connectivity index (χ0) is 17.6. The van der Waals surface area contributed by atoms with E-state index in [1.54, 1.807) is 0 Å². The van der Waals surface area contributed by atoms with E-state index in [1.165, 1.54) is 16.8 Å². The van der Waals surface area contributed by atoms with Crippen LogP contribution in [0.2, 0.25) is 0 Å². The summed E-state index contributed by atoms with van der Waals surface area (Å²) in [5.41, 5.74) is 5.98. The molecule has 3 heteroatoms. The zero-order valence-corrected chi connectivity index (χ0v) is 14.8. The topological polar surface area (TPSA) is 24.5 Å². The van der Waals surface area contributed by atoms with Gasteiger partial charge in [0.2, 0.25) is 0 Å². The molecule has 0 bridgehead atoms. The van der Waals surface area contributed by atoms with Gasteiger partial charge in [0.05, 0.1) is 13.2 Å². The first kappa shape index (κ1) is 16.7. The molecule has 1 saturated heterocycles. The maximum atomic E-state index is 5.50. The fourth-order valence-electron chi connectivity index (χ4n) is 3.31. The third kappa shape index (κ3) is 3.89. The molecule has 3 aromatic rings. The van der Waals surface area contributed by atoms with Gasteiger partial charge in [0.25, 0.3) is 0 Å². The van der Waals surface area contributed by atoms with E-state index in [-0.39, 0.29) is 0 Å². The average molecular weight is 343 g/mol. The van der Waals surface area contributed by atoms with Gasteiger partial charge < -0.3 is 15.0 Å². The summed E-state index contributed by atoms with van der Waals surface area (Å²) in [6, 6.07) is 28.7. The van der Waals surface area contributed by atoms with E-state index < -0.39 is 0 Å². The van der Waals surface area contributed by atoms with Crippen molar-refractivity contribution < 1.29 is 4.74 Å². The minimum Gasteiger partial charge on any atom is -0.381 e. The number of rotatable bonds is 5. The van der Waals surface area contributed by atoms with Crippen molar-refractivity contribution in [2.45, 2.75) is 6.54 Å². The first-order valence-electron chi connectivity index (χ1n) is 9.12. The number of hydrogen-bond acceptors (Lipinski definition) is 3. The fraction of sp³-hybridized carbons (Fsp3) is 0.217. The van der Waals surface area contributed by atoms with E-state index in [4.69, 9.17) is 4.74 Å². The number of ether oxygens (including phenoxy) is 1. The molecule has 1 aliphatic rings. The van der Waals surface area contributed by atoms with Crippen molar-refractivity contribution in [2.75, 3.05) is 36.5 Å². The smallest absolute Gasteiger partial charge is 0.0642 e. The molecule has 0 unspecified atom stereocenters. The normalized spacial score (nSPS) is 14.2. The van der Waals surface area contributed by atoms with Gasteiger partial charge in [-0.15, -0.1) is 0 Å². The molecule has 0 atom stereocenters. The van der Waals surface area contributed by atoms with Gasteiger partial charge in [-0.1, -0.05) is 54.6 Å². The number of hydrogen-bond donors (Lipinski definition) is 1. The molecule has 1 fully saturated rings. The number of anilines is 2. The summed E-state index contributed by atoms with van der Waals surface area (Å²) in [6.45, 7) is 4.26. The van der Waals surface area contributed by atoms with Gasteiger partial charge in [-0.2, -0.15) is 0 Å². The van der Waals surface area contributed by atoms with E-state index in [0.717, 1.165) is 44.1 Å². The average Bonchev–Trinajstić information content (AvgIpc) is 2.74. The van der Waals surface area contributed by atoms with Crippen LogP contribution in [-0.4, -0.2) is 26.3 Å². The highest BCUT2D eigenvalue weighted by Gasteiger charge is 2.15. The van der Waals surface area contributed by atoms with Crippen LogP contribution in [0.4, 0.5) is 11.4 Å². The van der Waals surface area contributed by atoms with Crippen molar-refractivity contribution in [2.24, 2.45) is 0 Å². The minimum absolute atomic E-state index is 0.788. The van der Waals surface area contributed by atoms with Crippen molar-refractivity contribution in [3.63, 3.8) is 0 Å². The monoisotopic (exact) mass is 343 g/mol. The first-order chi connectivity index (χ1) is 12.9. The molecule has 0 aromatic heterocycles. The van der Waals surface area contributed by atoms with Gasteiger partial charge in [-0.05, 0) is 35.4 Å². The van der Waals surface area contributed by atoms with Crippen LogP contribution < -0.4 is 10.2 Å². The Bertz CT molecular complexity index is 842. The van der Waals surface area contributed by atoms with Crippen molar-refractivity contribution >= 4 is 11.4 Å². The Kier molecular flexibility index (Phi) is 5.17. The third-order valence-electron chi connectivity index (χ3n) is 4.69. The molecule has 0 spiro atoms. The number of nitrogens with one attached hydrogen (secondary N) is 1. The van der Waals surface area contributed by atoms with Crippen molar-refractivity contribution in [3.8, 4) is 11.1 Å². The predicted octanol–water partition coefficient (Wildman–Crippen LogP) is 4.60. The van der Waals surface area contributed by atoms with Crippen LogP contribution in [0, 0.1) is 6.07 Å². The molecule has 26 heavy (non-hydrogen) atoms. The molecule has 0 aliphatic carbocycles. The van der Waals surface area contributed by atoms with Crippen molar-refractivity contribution in [1.29, 1.82) is 0 Å². The summed E-state index contributed by atoms with van der Waals surface area (Å²) >= 11 is 0. The maximum absolute atomic E-state index is 5.50. The predicted molar refractivity (Wildman–Crippen MR) is 108 cm³/mol. The van der Waals surface area contributed by atoms with Crippen LogP contribution >= 0.6 is 0 Å². The van der Waals surface area contributed by atoms with E-state index >= 15 is 0 Å². The largest absolute Gasteiger partial charge is 0.381 e. The molecule has 1 aliphatic heterocycles. The number of benzene rings is 3. The lowest BCUT2D eigenvalue weighted by molar-refractivity contribution is 0.123. The molecule has 1 radical (unpaired) electrons. The number of morpholine rings is 1. The van der Waals surface area contributed by atoms with Gasteiger partial charge in [-0.25, -0.2) is 0 Å². The standard InChI is InChI=1S/C23H23N2O/c1-2-7-19(8-3-1)18-24-21-10-6-9-20(17-21)22-11-4-5-12-23(22)25-13-15-26-16-14-25/h1-8,10-12,17,24H,13-16,18H2. The Hall–Kier alpha value is -2.78. The molecule has 0 amide bonds. The molecule has 1 N–H and O–H groups in total. The highest BCUT2D eigenvalue weighted by atomic mass is 16.5. The highest BCUT2D eigenvalue weighted by molar-refractivity contribution is 5.80. The Morgan fingerprint density at radius 3 is 2.54 bits per heavy atom. The lowest BCUT2D eigenvalue weighted by Gasteiger charge is -2.30. The zero-order valence-electron chi connectivity index (χ0n) is 14.8. The lowest BCUT2D eigenvalue weighted by atomic mass is 10.0. The van der Waals surface area contributed by atoms with E-state index in [1.807, 2.05) is 12.1 Å². The summed E-state index contributed by atoms with van der Waals surface area (Å²) in [5, 5.41) is 3.52. The molecular weight excluding hydrogens is 320 g/mol. The van der Waals surface area contributed by atoms with Gasteiger partial charge in [0.15, 0.2) is 0 Å². The maximum Gasteiger partial charge on any atom is 0.0642 e. The molecule has 1 heterocycles. The second-order valence-corrected chi connectivity index (χ2v) is 6.45. The quantitative estimate of drug-likeness (QED) is 0.732. The molecular formula is C23H23N2O. The highest BCUT2D eigenvalue weighted by Crippen LogP contribution is 2.32. The van der Waals surface area contributed by atoms with E-state index in [0.29, 0.717) is 0 Å². The first-order valence-corrected chi connectivity index (χ1v) is 9.12. The third-order valence-corrected chi connectivity index (χ3v) is 4.69. The SMILES string of the molecule is [c]1ccc(NCc2ccccc2)cc1-c1ccccc1N1CCOCC1. The minimum atomic E-state index is 0.788. The Morgan fingerprint density at radius 1 is 0.923 bits per heavy atom. The molecule has 3 nitrogen and oxygen atoms in total. The molecule has 0 saturated carbocycles. The van der Waals surface area contributed by atoms with Crippen LogP contribution in [0.1, 0.15) is 5.56 Å². The van der Waals surface area contributed by atoms with Gasteiger partial charge in [-0.3, -0.25) is 0 Å². The van der Waals surface area contributed by atoms with Gasteiger partial charge in [0.1, 0.15) is 0 Å². The number of nitrogens with zero attached hydrogens (tertiary/aromatic N) is 1. The summed E-state index contributed by atoms with van der Waals surface area (Å²) in [7, 11) is 0. The second kappa shape index (κ2) is 8.07. The lowest BCUT2D eigenvalue weighted by Crippen LogP contribution is -2.36. The van der Waals surface area contributed by atoms with Gasteiger partial charge in [0, 0.05) is 36.6 Å². The summed E-state index contributed by atoms with van der Waals surface area (Å²) in [5.74, 6) is 0. The van der Waals surface area contributed by atoms with Crippen LogP contribution in [0.3, 0.4) is 0 Å². The van der Waals surface area contributed by atoms with Crippen molar-refractivity contribution in [1.82, 2.24) is 0 Å². The summed E-state index contributed by atoms with van der Waals surface area (Å²) in [4.78, 5) is 2.40. The van der Waals surface area contributed by atoms with E-state index in [9.17, 15) is 0 Å². The molecule has 131 valence electrons. The van der Waals surface area contributed by atoms with Crippen LogP contribution in [0.15, 0.2) is 72.8 Å². The summed E-state index contributed by atoms with van der Waals surface area (Å²) < 4.78 is 5.50. The number of para-hydroxylation sites is 1. The second-order valence-electron chi connectivity index (χ2n) is 6.45. The van der Waals surface area contributed by atoms with Gasteiger partial charge >= 0.3 is 0 Å². The Labute approximate surface area is 155 Å². The van der Waals surface area contributed by atoms with E-state index in [2.05, 4.69) is 76.9 Å². The van der Waals surface area contributed by atoms with Crippen LogP contribution in [0.5, 0.6) is 0 Å².